The van der Waals surface area contributed by atoms with Crippen molar-refractivity contribution in [2.45, 2.75) is 24.9 Å². The van der Waals surface area contributed by atoms with Crippen LogP contribution in [0.1, 0.15) is 18.4 Å². The first kappa shape index (κ1) is 9.80. The van der Waals surface area contributed by atoms with E-state index in [1.807, 2.05) is 0 Å². The molecule has 4 heteroatoms. The topological polar surface area (TPSA) is 60.7 Å². The third kappa shape index (κ3) is 1.72. The molecule has 76 valence electrons. The molecule has 1 aliphatic rings. The molecular weight excluding hydrogens is 248 g/mol. The van der Waals surface area contributed by atoms with Gasteiger partial charge in [0.15, 0.2) is 11.5 Å². The van der Waals surface area contributed by atoms with E-state index in [-0.39, 0.29) is 11.5 Å². The molecule has 0 spiro atoms. The standard InChI is InChI=1S/C10H11BrO3/c11-7-1-2-8(12)9(13)6(7)5-10(14)3-4-10/h1-2,12-14H,3-5H2. The van der Waals surface area contributed by atoms with Gasteiger partial charge in [-0.1, -0.05) is 15.9 Å². The summed E-state index contributed by atoms with van der Waals surface area (Å²) in [6, 6.07) is 3.08. The van der Waals surface area contributed by atoms with Crippen LogP contribution in [0.5, 0.6) is 11.5 Å². The van der Waals surface area contributed by atoms with E-state index < -0.39 is 5.60 Å². The molecule has 0 radical (unpaired) electrons. The van der Waals surface area contributed by atoms with Gasteiger partial charge in [0.1, 0.15) is 0 Å². The lowest BCUT2D eigenvalue weighted by Crippen LogP contribution is -2.11. The van der Waals surface area contributed by atoms with E-state index in [0.717, 1.165) is 12.8 Å². The molecule has 0 unspecified atom stereocenters. The molecule has 0 aromatic heterocycles. The number of phenolic OH excluding ortho intramolecular Hbond substituents is 2. The highest BCUT2D eigenvalue weighted by atomic mass is 79.9. The lowest BCUT2D eigenvalue weighted by molar-refractivity contribution is 0.149. The molecule has 1 saturated carbocycles. The summed E-state index contributed by atoms with van der Waals surface area (Å²) in [5.41, 5.74) is -0.0987. The zero-order chi connectivity index (χ0) is 10.3. The second-order valence-electron chi connectivity index (χ2n) is 3.79. The Bertz CT molecular complexity index is 372. The minimum atomic E-state index is -0.673. The Labute approximate surface area is 90.1 Å². The Morgan fingerprint density at radius 2 is 1.93 bits per heavy atom. The van der Waals surface area contributed by atoms with Gasteiger partial charge in [0.05, 0.1) is 5.60 Å². The van der Waals surface area contributed by atoms with Gasteiger partial charge in [-0.05, 0) is 25.0 Å². The summed E-state index contributed by atoms with van der Waals surface area (Å²) in [6.07, 6.45) is 1.90. The molecule has 1 aromatic carbocycles. The van der Waals surface area contributed by atoms with Crippen molar-refractivity contribution < 1.29 is 15.3 Å². The first-order valence-electron chi connectivity index (χ1n) is 4.43. The maximum atomic E-state index is 9.71. The predicted molar refractivity (Wildman–Crippen MR) is 55.4 cm³/mol. The van der Waals surface area contributed by atoms with Crippen molar-refractivity contribution >= 4 is 15.9 Å². The lowest BCUT2D eigenvalue weighted by Gasteiger charge is -2.12. The SMILES string of the molecule is Oc1ccc(Br)c(CC2(O)CC2)c1O. The third-order valence-corrected chi connectivity index (χ3v) is 3.28. The molecule has 0 amide bonds. The highest BCUT2D eigenvalue weighted by Gasteiger charge is 2.41. The average Bonchev–Trinajstić information content (AvgIpc) is 2.86. The number of benzene rings is 1. The molecule has 0 bridgehead atoms. The second kappa shape index (κ2) is 3.14. The normalized spacial score (nSPS) is 18.1. The van der Waals surface area contributed by atoms with Crippen LogP contribution in [0.3, 0.4) is 0 Å². The minimum Gasteiger partial charge on any atom is -0.504 e. The quantitative estimate of drug-likeness (QED) is 0.711. The highest BCUT2D eigenvalue weighted by Crippen LogP contribution is 2.43. The summed E-state index contributed by atoms with van der Waals surface area (Å²) in [4.78, 5) is 0. The molecule has 0 atom stereocenters. The largest absolute Gasteiger partial charge is 0.504 e. The second-order valence-corrected chi connectivity index (χ2v) is 4.65. The molecule has 3 nitrogen and oxygen atoms in total. The van der Waals surface area contributed by atoms with Gasteiger partial charge < -0.3 is 15.3 Å². The first-order chi connectivity index (χ1) is 6.52. The van der Waals surface area contributed by atoms with E-state index >= 15 is 0 Å². The fraction of sp³-hybridized carbons (Fsp3) is 0.400. The maximum absolute atomic E-state index is 9.71. The first-order valence-corrected chi connectivity index (χ1v) is 5.23. The number of aromatic hydroxyl groups is 2. The Kier molecular flexibility index (Phi) is 2.20. The molecular formula is C10H11BrO3. The maximum Gasteiger partial charge on any atom is 0.161 e. The summed E-state index contributed by atoms with van der Waals surface area (Å²) in [6.45, 7) is 0. The summed E-state index contributed by atoms with van der Waals surface area (Å²) >= 11 is 3.28. The van der Waals surface area contributed by atoms with E-state index in [1.54, 1.807) is 6.07 Å². The van der Waals surface area contributed by atoms with Gasteiger partial charge in [-0.2, -0.15) is 0 Å². The molecule has 1 aliphatic carbocycles. The number of hydrogen-bond donors (Lipinski definition) is 3. The van der Waals surface area contributed by atoms with Gasteiger partial charge >= 0.3 is 0 Å². The molecule has 2 rings (SSSR count). The summed E-state index contributed by atoms with van der Waals surface area (Å²) in [7, 11) is 0. The number of rotatable bonds is 2. The van der Waals surface area contributed by atoms with Crippen molar-refractivity contribution in [3.05, 3.63) is 22.2 Å². The highest BCUT2D eigenvalue weighted by molar-refractivity contribution is 9.10. The van der Waals surface area contributed by atoms with Gasteiger partial charge in [0.2, 0.25) is 0 Å². The smallest absolute Gasteiger partial charge is 0.161 e. The van der Waals surface area contributed by atoms with Crippen LogP contribution in [-0.4, -0.2) is 20.9 Å². The van der Waals surface area contributed by atoms with Crippen LogP contribution in [-0.2, 0) is 6.42 Å². The van der Waals surface area contributed by atoms with Gasteiger partial charge in [-0.3, -0.25) is 0 Å². The van der Waals surface area contributed by atoms with Crippen LogP contribution in [0.25, 0.3) is 0 Å². The zero-order valence-corrected chi connectivity index (χ0v) is 9.08. The van der Waals surface area contributed by atoms with Crippen molar-refractivity contribution in [1.29, 1.82) is 0 Å². The minimum absolute atomic E-state index is 0.139. The summed E-state index contributed by atoms with van der Waals surface area (Å²) in [5.74, 6) is -0.285. The molecule has 0 heterocycles. The number of aliphatic hydroxyl groups is 1. The summed E-state index contributed by atoms with van der Waals surface area (Å²) < 4.78 is 0.716. The monoisotopic (exact) mass is 258 g/mol. The third-order valence-electron chi connectivity index (χ3n) is 2.54. The van der Waals surface area contributed by atoms with E-state index in [0.29, 0.717) is 16.5 Å². The van der Waals surface area contributed by atoms with Crippen molar-refractivity contribution in [2.75, 3.05) is 0 Å². The van der Waals surface area contributed by atoms with Crippen LogP contribution in [0, 0.1) is 0 Å². The fourth-order valence-electron chi connectivity index (χ4n) is 1.42. The Morgan fingerprint density at radius 3 is 2.50 bits per heavy atom. The van der Waals surface area contributed by atoms with Crippen LogP contribution >= 0.6 is 15.9 Å². The number of hydrogen-bond acceptors (Lipinski definition) is 3. The van der Waals surface area contributed by atoms with Gasteiger partial charge in [-0.15, -0.1) is 0 Å². The molecule has 14 heavy (non-hydrogen) atoms. The fourth-order valence-corrected chi connectivity index (χ4v) is 1.88. The molecule has 0 saturated heterocycles. The van der Waals surface area contributed by atoms with Crippen LogP contribution in [0.15, 0.2) is 16.6 Å². The van der Waals surface area contributed by atoms with Crippen LogP contribution < -0.4 is 0 Å². The Morgan fingerprint density at radius 1 is 1.29 bits per heavy atom. The lowest BCUT2D eigenvalue weighted by atomic mass is 10.1. The average molecular weight is 259 g/mol. The molecule has 1 fully saturated rings. The van der Waals surface area contributed by atoms with Crippen LogP contribution in [0.2, 0.25) is 0 Å². The van der Waals surface area contributed by atoms with Crippen molar-refractivity contribution in [3.63, 3.8) is 0 Å². The number of phenols is 2. The van der Waals surface area contributed by atoms with Gasteiger partial charge in [-0.25, -0.2) is 0 Å². The number of halogens is 1. The van der Waals surface area contributed by atoms with E-state index in [1.165, 1.54) is 6.07 Å². The zero-order valence-electron chi connectivity index (χ0n) is 7.50. The molecule has 1 aromatic rings. The van der Waals surface area contributed by atoms with Gasteiger partial charge in [0, 0.05) is 16.5 Å². The Hall–Kier alpha value is -0.740. The molecule has 3 N–H and O–H groups in total. The van der Waals surface area contributed by atoms with Gasteiger partial charge in [0.25, 0.3) is 0 Å². The van der Waals surface area contributed by atoms with Crippen molar-refractivity contribution in [2.24, 2.45) is 0 Å². The van der Waals surface area contributed by atoms with Crippen LogP contribution in [0.4, 0.5) is 0 Å². The van der Waals surface area contributed by atoms with E-state index in [2.05, 4.69) is 15.9 Å². The van der Waals surface area contributed by atoms with Crippen molar-refractivity contribution in [3.8, 4) is 11.5 Å². The van der Waals surface area contributed by atoms with E-state index in [4.69, 9.17) is 0 Å². The molecule has 0 aliphatic heterocycles. The predicted octanol–water partition coefficient (Wildman–Crippen LogP) is 1.93. The Balaban J connectivity index is 2.35. The summed E-state index contributed by atoms with van der Waals surface area (Å²) in [5, 5.41) is 28.6. The van der Waals surface area contributed by atoms with E-state index in [9.17, 15) is 15.3 Å². The van der Waals surface area contributed by atoms with Crippen molar-refractivity contribution in [1.82, 2.24) is 0 Å².